The van der Waals surface area contributed by atoms with Gasteiger partial charge in [-0.15, -0.1) is 0 Å². The van der Waals surface area contributed by atoms with Crippen LogP contribution in [0.5, 0.6) is 0 Å². The number of carboxylic acids is 1. The Balaban J connectivity index is 2.48. The summed E-state index contributed by atoms with van der Waals surface area (Å²) in [5.74, 6) is -1.39. The average Bonchev–Trinajstić information content (AvgIpc) is 2.39. The zero-order chi connectivity index (χ0) is 12.3. The van der Waals surface area contributed by atoms with Gasteiger partial charge in [0, 0.05) is 11.1 Å². The summed E-state index contributed by atoms with van der Waals surface area (Å²) in [5, 5.41) is 9.00. The highest BCUT2D eigenvalue weighted by Gasteiger charge is 2.16. The van der Waals surface area contributed by atoms with Crippen molar-refractivity contribution in [3.63, 3.8) is 0 Å². The van der Waals surface area contributed by atoms with Crippen molar-refractivity contribution in [3.8, 4) is 0 Å². The van der Waals surface area contributed by atoms with Crippen LogP contribution in [0.2, 0.25) is 0 Å². The van der Waals surface area contributed by atoms with E-state index in [4.69, 9.17) is 5.11 Å². The van der Waals surface area contributed by atoms with Gasteiger partial charge in [0.15, 0.2) is 5.78 Å². The Morgan fingerprint density at radius 2 is 1.53 bits per heavy atom. The Kier molecular flexibility index (Phi) is 3.01. The predicted molar refractivity (Wildman–Crippen MR) is 62.1 cm³/mol. The fourth-order valence-corrected chi connectivity index (χ4v) is 1.56. The molecule has 1 radical (unpaired) electrons. The predicted octanol–water partition coefficient (Wildman–Crippen LogP) is 2.42. The van der Waals surface area contributed by atoms with Gasteiger partial charge in [0.25, 0.3) is 0 Å². The second-order valence-corrected chi connectivity index (χ2v) is 3.47. The van der Waals surface area contributed by atoms with Gasteiger partial charge in [-0.05, 0) is 12.1 Å². The molecule has 1 N–H and O–H groups in total. The quantitative estimate of drug-likeness (QED) is 0.816. The minimum Gasteiger partial charge on any atom is -0.478 e. The summed E-state index contributed by atoms with van der Waals surface area (Å²) in [6.07, 6.45) is 0. The van der Waals surface area contributed by atoms with Crippen LogP contribution in [0.25, 0.3) is 0 Å². The van der Waals surface area contributed by atoms with Gasteiger partial charge in [0.05, 0.1) is 5.56 Å². The topological polar surface area (TPSA) is 54.4 Å². The second-order valence-electron chi connectivity index (χ2n) is 3.47. The lowest BCUT2D eigenvalue weighted by atomic mass is 9.98. The minimum atomic E-state index is -1.10. The van der Waals surface area contributed by atoms with E-state index in [0.29, 0.717) is 5.56 Å². The van der Waals surface area contributed by atoms with E-state index < -0.39 is 5.97 Å². The molecule has 0 heterocycles. The van der Waals surface area contributed by atoms with Gasteiger partial charge in [-0.3, -0.25) is 4.79 Å². The maximum atomic E-state index is 12.1. The number of carbonyl (C=O) groups excluding carboxylic acids is 1. The molecule has 0 spiro atoms. The summed E-state index contributed by atoms with van der Waals surface area (Å²) in [4.78, 5) is 23.1. The lowest BCUT2D eigenvalue weighted by Gasteiger charge is -2.04. The molecule has 0 saturated heterocycles. The van der Waals surface area contributed by atoms with Crippen LogP contribution in [0.1, 0.15) is 26.3 Å². The molecule has 0 amide bonds. The minimum absolute atomic E-state index is 0.0188. The number of ketones is 1. The van der Waals surface area contributed by atoms with Crippen molar-refractivity contribution < 1.29 is 14.7 Å². The molecule has 0 aliphatic carbocycles. The van der Waals surface area contributed by atoms with Crippen molar-refractivity contribution in [2.24, 2.45) is 0 Å². The fraction of sp³-hybridized carbons (Fsp3) is 0. The lowest BCUT2D eigenvalue weighted by Crippen LogP contribution is -2.09. The molecular weight excluding hydrogens is 216 g/mol. The average molecular weight is 225 g/mol. The fourth-order valence-electron chi connectivity index (χ4n) is 1.56. The molecule has 0 aliphatic heterocycles. The summed E-state index contributed by atoms with van der Waals surface area (Å²) in [7, 11) is 0. The largest absolute Gasteiger partial charge is 0.478 e. The van der Waals surface area contributed by atoms with Crippen molar-refractivity contribution in [2.75, 3.05) is 0 Å². The van der Waals surface area contributed by atoms with Crippen LogP contribution in [0.3, 0.4) is 0 Å². The molecule has 0 saturated carbocycles. The van der Waals surface area contributed by atoms with Crippen LogP contribution >= 0.6 is 0 Å². The van der Waals surface area contributed by atoms with Gasteiger partial charge in [0.2, 0.25) is 0 Å². The maximum Gasteiger partial charge on any atom is 0.336 e. The van der Waals surface area contributed by atoms with Gasteiger partial charge in [-0.25, -0.2) is 4.79 Å². The number of rotatable bonds is 3. The monoisotopic (exact) mass is 225 g/mol. The third-order valence-electron chi connectivity index (χ3n) is 2.38. The van der Waals surface area contributed by atoms with Crippen LogP contribution in [-0.4, -0.2) is 16.9 Å². The van der Waals surface area contributed by atoms with Crippen molar-refractivity contribution in [2.45, 2.75) is 0 Å². The molecule has 17 heavy (non-hydrogen) atoms. The molecule has 0 bridgehead atoms. The van der Waals surface area contributed by atoms with Crippen molar-refractivity contribution in [1.29, 1.82) is 0 Å². The number of hydrogen-bond acceptors (Lipinski definition) is 2. The standard InChI is InChI=1S/C14H9O3/c15-13(10-6-2-1-3-7-10)11-8-4-5-9-12(11)14(16)17/h2-9H,(H,16,17). The van der Waals surface area contributed by atoms with Crippen LogP contribution in [0, 0.1) is 6.07 Å². The number of carbonyl (C=O) groups is 2. The summed E-state index contributed by atoms with van der Waals surface area (Å²) in [6, 6.07) is 15.5. The first-order chi connectivity index (χ1) is 8.20. The van der Waals surface area contributed by atoms with Crippen LogP contribution in [0.4, 0.5) is 0 Å². The van der Waals surface area contributed by atoms with Crippen molar-refractivity contribution >= 4 is 11.8 Å². The third-order valence-corrected chi connectivity index (χ3v) is 2.38. The van der Waals surface area contributed by atoms with Crippen LogP contribution < -0.4 is 0 Å². The molecule has 0 fully saturated rings. The molecular formula is C14H9O3. The highest BCUT2D eigenvalue weighted by Crippen LogP contribution is 2.14. The van der Waals surface area contributed by atoms with E-state index in [9.17, 15) is 9.59 Å². The Hall–Kier alpha value is -2.42. The molecule has 0 aliphatic rings. The van der Waals surface area contributed by atoms with Gasteiger partial charge in [-0.1, -0.05) is 42.5 Å². The molecule has 0 aromatic heterocycles. The molecule has 3 heteroatoms. The highest BCUT2D eigenvalue weighted by atomic mass is 16.4. The lowest BCUT2D eigenvalue weighted by molar-refractivity contribution is 0.0693. The Morgan fingerprint density at radius 1 is 0.941 bits per heavy atom. The molecule has 0 unspecified atom stereocenters. The van der Waals surface area contributed by atoms with E-state index in [-0.39, 0.29) is 16.9 Å². The van der Waals surface area contributed by atoms with Crippen LogP contribution in [-0.2, 0) is 0 Å². The van der Waals surface area contributed by atoms with E-state index >= 15 is 0 Å². The van der Waals surface area contributed by atoms with E-state index in [0.717, 1.165) is 0 Å². The molecule has 2 aromatic carbocycles. The van der Waals surface area contributed by atoms with Gasteiger partial charge < -0.3 is 5.11 Å². The van der Waals surface area contributed by atoms with Gasteiger partial charge in [-0.2, -0.15) is 0 Å². The van der Waals surface area contributed by atoms with Gasteiger partial charge >= 0.3 is 5.97 Å². The number of benzene rings is 2. The number of aromatic carboxylic acids is 1. The van der Waals surface area contributed by atoms with E-state index in [1.807, 2.05) is 0 Å². The van der Waals surface area contributed by atoms with Crippen molar-refractivity contribution in [1.82, 2.24) is 0 Å². The first-order valence-electron chi connectivity index (χ1n) is 5.03. The molecule has 0 atom stereocenters. The zero-order valence-electron chi connectivity index (χ0n) is 8.88. The number of hydrogen-bond donors (Lipinski definition) is 1. The highest BCUT2D eigenvalue weighted by molar-refractivity contribution is 6.14. The summed E-state index contributed by atoms with van der Waals surface area (Å²) < 4.78 is 0. The summed E-state index contributed by atoms with van der Waals surface area (Å²) in [6.45, 7) is 0. The van der Waals surface area contributed by atoms with Crippen molar-refractivity contribution in [3.05, 3.63) is 71.3 Å². The normalized spacial score (nSPS) is 9.88. The molecule has 2 aromatic rings. The van der Waals surface area contributed by atoms with E-state index in [1.165, 1.54) is 12.1 Å². The smallest absolute Gasteiger partial charge is 0.336 e. The van der Waals surface area contributed by atoms with E-state index in [1.54, 1.807) is 36.4 Å². The zero-order valence-corrected chi connectivity index (χ0v) is 8.88. The second kappa shape index (κ2) is 4.61. The SMILES string of the molecule is O=C(O)c1ccccc1C(=O)c1cc[c]cc1. The first kappa shape index (κ1) is 11.1. The Bertz CT molecular complexity index is 559. The summed E-state index contributed by atoms with van der Waals surface area (Å²) >= 11 is 0. The van der Waals surface area contributed by atoms with Crippen LogP contribution in [0.15, 0.2) is 48.5 Å². The Morgan fingerprint density at radius 3 is 2.12 bits per heavy atom. The molecule has 3 nitrogen and oxygen atoms in total. The maximum absolute atomic E-state index is 12.1. The number of carboxylic acid groups (broad SMARTS) is 1. The van der Waals surface area contributed by atoms with E-state index in [2.05, 4.69) is 6.07 Å². The third kappa shape index (κ3) is 2.23. The van der Waals surface area contributed by atoms with Gasteiger partial charge in [0.1, 0.15) is 0 Å². The summed E-state index contributed by atoms with van der Waals surface area (Å²) in [5.41, 5.74) is 0.675. The molecule has 83 valence electrons. The first-order valence-corrected chi connectivity index (χ1v) is 5.03. The Labute approximate surface area is 98.3 Å². The molecule has 2 rings (SSSR count).